The highest BCUT2D eigenvalue weighted by molar-refractivity contribution is 7.12. The Balaban J connectivity index is 1.70. The second-order valence-electron chi connectivity index (χ2n) is 7.27. The van der Waals surface area contributed by atoms with E-state index in [9.17, 15) is 14.4 Å². The van der Waals surface area contributed by atoms with Crippen LogP contribution in [0.25, 0.3) is 11.3 Å². The van der Waals surface area contributed by atoms with E-state index in [1.165, 1.54) is 6.92 Å². The fourth-order valence-corrected chi connectivity index (χ4v) is 4.59. The Morgan fingerprint density at radius 2 is 1.83 bits per heavy atom. The summed E-state index contributed by atoms with van der Waals surface area (Å²) in [6, 6.07) is 7.10. The van der Waals surface area contributed by atoms with E-state index in [-0.39, 0.29) is 5.01 Å². The number of cyclic esters (lactones) is 2. The Bertz CT molecular complexity index is 1010. The van der Waals surface area contributed by atoms with Crippen molar-refractivity contribution in [2.75, 3.05) is 13.1 Å². The Hall–Kier alpha value is -2.55. The van der Waals surface area contributed by atoms with E-state index in [2.05, 4.69) is 4.98 Å². The Labute approximate surface area is 182 Å². The minimum atomic E-state index is -1.73. The Morgan fingerprint density at radius 3 is 2.53 bits per heavy atom. The van der Waals surface area contributed by atoms with Crippen molar-refractivity contribution in [3.8, 4) is 11.3 Å². The van der Waals surface area contributed by atoms with Crippen LogP contribution < -0.4 is 0 Å². The number of nitrogens with zero attached hydrogens (tertiary/aromatic N) is 2. The molecular formula is C21H19ClN2O5S. The van der Waals surface area contributed by atoms with E-state index in [1.807, 2.05) is 17.0 Å². The quantitative estimate of drug-likeness (QED) is 0.525. The number of carbonyl (C=O) groups excluding carboxylic acids is 3. The molecule has 0 aliphatic carbocycles. The van der Waals surface area contributed by atoms with Gasteiger partial charge in [-0.25, -0.2) is 14.6 Å². The SMILES string of the molecule is CC1(C(=O)c2nc(-c3ccc(Cl)cc3)cs2)OC(=O)/C=C\C(=O)OC1N1CCCC1. The highest BCUT2D eigenvalue weighted by atomic mass is 35.5. The van der Waals surface area contributed by atoms with Gasteiger partial charge in [-0.05, 0) is 31.9 Å². The number of benzene rings is 1. The largest absolute Gasteiger partial charge is 0.442 e. The number of rotatable bonds is 4. The molecule has 2 aliphatic rings. The molecule has 1 saturated heterocycles. The van der Waals surface area contributed by atoms with E-state index in [4.69, 9.17) is 21.1 Å². The summed E-state index contributed by atoms with van der Waals surface area (Å²) >= 11 is 7.08. The van der Waals surface area contributed by atoms with Crippen LogP contribution in [0.3, 0.4) is 0 Å². The van der Waals surface area contributed by atoms with Gasteiger partial charge in [-0.3, -0.25) is 9.69 Å². The molecule has 2 atom stereocenters. The fourth-order valence-electron chi connectivity index (χ4n) is 3.59. The van der Waals surface area contributed by atoms with Crippen molar-refractivity contribution in [1.82, 2.24) is 9.88 Å². The van der Waals surface area contributed by atoms with Crippen molar-refractivity contribution >= 4 is 40.7 Å². The molecular weight excluding hydrogens is 428 g/mol. The lowest BCUT2D eigenvalue weighted by Gasteiger charge is -2.39. The van der Waals surface area contributed by atoms with Crippen molar-refractivity contribution in [3.63, 3.8) is 0 Å². The van der Waals surface area contributed by atoms with Crippen molar-refractivity contribution in [2.45, 2.75) is 31.6 Å². The molecule has 2 aromatic rings. The van der Waals surface area contributed by atoms with E-state index in [0.29, 0.717) is 23.8 Å². The van der Waals surface area contributed by atoms with Crippen molar-refractivity contribution in [1.29, 1.82) is 0 Å². The van der Waals surface area contributed by atoms with Gasteiger partial charge in [0.1, 0.15) is 0 Å². The number of aromatic nitrogens is 1. The summed E-state index contributed by atoms with van der Waals surface area (Å²) in [5.74, 6) is -1.98. The van der Waals surface area contributed by atoms with Gasteiger partial charge in [-0.1, -0.05) is 23.7 Å². The van der Waals surface area contributed by atoms with Gasteiger partial charge in [0.15, 0.2) is 5.01 Å². The molecule has 0 amide bonds. The zero-order valence-corrected chi connectivity index (χ0v) is 17.7. The van der Waals surface area contributed by atoms with E-state index >= 15 is 0 Å². The summed E-state index contributed by atoms with van der Waals surface area (Å²) in [7, 11) is 0. The summed E-state index contributed by atoms with van der Waals surface area (Å²) in [4.78, 5) is 44.2. The van der Waals surface area contributed by atoms with E-state index < -0.39 is 29.6 Å². The standard InChI is InChI=1S/C21H19ClN2O5S/c1-21(18(27)19-23-15(12-30-19)13-4-6-14(22)7-5-13)20(24-10-2-3-11-24)28-16(25)8-9-17(26)29-21/h4-9,12,20H,2-3,10-11H2,1H3/b9-8-. The van der Waals surface area contributed by atoms with Gasteiger partial charge >= 0.3 is 11.9 Å². The average Bonchev–Trinajstić information content (AvgIpc) is 3.42. The summed E-state index contributed by atoms with van der Waals surface area (Å²) < 4.78 is 11.1. The van der Waals surface area contributed by atoms with Gasteiger partial charge in [0.2, 0.25) is 17.6 Å². The zero-order valence-electron chi connectivity index (χ0n) is 16.2. The number of hydrogen-bond acceptors (Lipinski definition) is 8. The molecule has 0 bridgehead atoms. The van der Waals surface area contributed by atoms with Crippen LogP contribution in [0, 0.1) is 0 Å². The van der Waals surface area contributed by atoms with E-state index in [1.54, 1.807) is 17.5 Å². The third-order valence-corrected chi connectivity index (χ3v) is 6.22. The van der Waals surface area contributed by atoms with Crippen LogP contribution in [0.15, 0.2) is 41.8 Å². The number of likely N-dealkylation sites (tertiary alicyclic amines) is 1. The van der Waals surface area contributed by atoms with Crippen LogP contribution in [0.1, 0.15) is 29.6 Å². The summed E-state index contributed by atoms with van der Waals surface area (Å²) in [6.07, 6.45) is 2.75. The number of ether oxygens (including phenoxy) is 2. The van der Waals surface area contributed by atoms with Crippen molar-refractivity contribution in [2.24, 2.45) is 0 Å². The first-order valence-corrected chi connectivity index (χ1v) is 10.7. The van der Waals surface area contributed by atoms with Crippen molar-refractivity contribution in [3.05, 3.63) is 51.8 Å². The van der Waals surface area contributed by atoms with Crippen LogP contribution in [0.4, 0.5) is 0 Å². The molecule has 0 N–H and O–H groups in total. The monoisotopic (exact) mass is 446 g/mol. The normalized spacial score (nSPS) is 25.9. The molecule has 7 nitrogen and oxygen atoms in total. The van der Waals surface area contributed by atoms with Crippen LogP contribution in [-0.2, 0) is 19.1 Å². The molecule has 1 aromatic heterocycles. The lowest BCUT2D eigenvalue weighted by Crippen LogP contribution is -2.59. The predicted molar refractivity (Wildman–Crippen MR) is 111 cm³/mol. The first kappa shape index (κ1) is 20.7. The molecule has 9 heteroatoms. The average molecular weight is 447 g/mol. The first-order chi connectivity index (χ1) is 14.4. The second-order valence-corrected chi connectivity index (χ2v) is 8.56. The van der Waals surface area contributed by atoms with E-state index in [0.717, 1.165) is 41.9 Å². The summed E-state index contributed by atoms with van der Waals surface area (Å²) in [5, 5.41) is 2.52. The number of halogens is 1. The molecule has 3 heterocycles. The maximum absolute atomic E-state index is 13.5. The first-order valence-electron chi connectivity index (χ1n) is 9.49. The minimum Gasteiger partial charge on any atom is -0.442 e. The molecule has 1 fully saturated rings. The van der Waals surface area contributed by atoms with Crippen molar-refractivity contribution < 1.29 is 23.9 Å². The predicted octanol–water partition coefficient (Wildman–Crippen LogP) is 3.48. The molecule has 2 unspecified atom stereocenters. The highest BCUT2D eigenvalue weighted by Crippen LogP contribution is 2.33. The Kier molecular flexibility index (Phi) is 5.73. The zero-order chi connectivity index (χ0) is 21.3. The Morgan fingerprint density at radius 1 is 1.17 bits per heavy atom. The van der Waals surface area contributed by atoms with Gasteiger partial charge in [0, 0.05) is 41.2 Å². The molecule has 2 aliphatic heterocycles. The number of esters is 2. The van der Waals surface area contributed by atoms with Crippen LogP contribution >= 0.6 is 22.9 Å². The second kappa shape index (κ2) is 8.29. The number of ketones is 1. The molecule has 0 radical (unpaired) electrons. The number of Topliss-reactive ketones (excluding diaryl/α,β-unsaturated/α-hetero) is 1. The minimum absolute atomic E-state index is 0.167. The van der Waals surface area contributed by atoms with Crippen LogP contribution in [0.5, 0.6) is 0 Å². The molecule has 1 aromatic carbocycles. The maximum Gasteiger partial charge on any atom is 0.332 e. The van der Waals surface area contributed by atoms with Gasteiger partial charge in [0.05, 0.1) is 5.69 Å². The molecule has 156 valence electrons. The topological polar surface area (TPSA) is 85.8 Å². The lowest BCUT2D eigenvalue weighted by molar-refractivity contribution is -0.190. The lowest BCUT2D eigenvalue weighted by atomic mass is 9.96. The number of hydrogen-bond donors (Lipinski definition) is 0. The van der Waals surface area contributed by atoms with Gasteiger partial charge in [-0.15, -0.1) is 11.3 Å². The van der Waals surface area contributed by atoms with Crippen LogP contribution in [0.2, 0.25) is 5.02 Å². The molecule has 30 heavy (non-hydrogen) atoms. The maximum atomic E-state index is 13.5. The third-order valence-electron chi connectivity index (χ3n) is 5.13. The van der Waals surface area contributed by atoms with Crippen LogP contribution in [-0.4, -0.2) is 52.5 Å². The highest BCUT2D eigenvalue weighted by Gasteiger charge is 2.52. The molecule has 0 saturated carbocycles. The molecule has 0 spiro atoms. The fraction of sp³-hybridized carbons (Fsp3) is 0.333. The smallest absolute Gasteiger partial charge is 0.332 e. The third kappa shape index (κ3) is 4.03. The van der Waals surface area contributed by atoms with Gasteiger partial charge in [0.25, 0.3) is 0 Å². The van der Waals surface area contributed by atoms with Gasteiger partial charge < -0.3 is 9.47 Å². The number of carbonyl (C=O) groups is 3. The molecule has 4 rings (SSSR count). The summed E-state index contributed by atoms with van der Waals surface area (Å²) in [5.41, 5.74) is -0.313. The number of thiazole rings is 1. The van der Waals surface area contributed by atoms with Gasteiger partial charge in [-0.2, -0.15) is 0 Å². The summed E-state index contributed by atoms with van der Waals surface area (Å²) in [6.45, 7) is 2.75.